The van der Waals surface area contributed by atoms with Crippen molar-refractivity contribution in [1.82, 2.24) is 0 Å². The summed E-state index contributed by atoms with van der Waals surface area (Å²) in [5.41, 5.74) is 1.15. The third-order valence-corrected chi connectivity index (χ3v) is 12.4. The zero-order chi connectivity index (χ0) is 18.4. The first-order valence-corrected chi connectivity index (χ1v) is 11.3. The molecule has 1 aliphatic heterocycles. The first-order valence-electron chi connectivity index (χ1n) is 9.21. The fourth-order valence-corrected chi connectivity index (χ4v) is 10.7. The highest BCUT2D eigenvalue weighted by atomic mass is 28.4. The number of aliphatic hydroxyl groups is 1. The number of aliphatic hydroxyl groups excluding tert-OH is 1. The van der Waals surface area contributed by atoms with Crippen LogP contribution in [0.4, 0.5) is 0 Å². The molecule has 0 aromatic heterocycles. The van der Waals surface area contributed by atoms with Crippen LogP contribution in [0.3, 0.4) is 0 Å². The molecule has 2 nitrogen and oxygen atoms in total. The minimum absolute atomic E-state index is 0.0287. The second kappa shape index (κ2) is 6.26. The molecule has 0 unspecified atom stereocenters. The quantitative estimate of drug-likeness (QED) is 0.623. The Kier molecular flexibility index (Phi) is 5.13. The molecule has 0 spiro atoms. The third kappa shape index (κ3) is 3.49. The molecule has 24 heavy (non-hydrogen) atoms. The van der Waals surface area contributed by atoms with Gasteiger partial charge in [-0.2, -0.15) is 0 Å². The van der Waals surface area contributed by atoms with E-state index in [1.807, 2.05) is 0 Å². The van der Waals surface area contributed by atoms with Crippen molar-refractivity contribution in [3.63, 3.8) is 0 Å². The minimum atomic E-state index is -2.28. The largest absolute Gasteiger partial charge is 0.408 e. The number of hydrogen-bond acceptors (Lipinski definition) is 2. The molecule has 0 aliphatic carbocycles. The van der Waals surface area contributed by atoms with Crippen molar-refractivity contribution in [2.75, 3.05) is 0 Å². The summed E-state index contributed by atoms with van der Waals surface area (Å²) < 4.78 is 7.18. The SMILES string of the molecule is CC1(C)C[C@@H](O)C[Si](C(C)(C)C)(C(C)(C)C)O[C@@H]1c1ccccc1. The maximum absolute atomic E-state index is 10.9. The molecular weight excluding hydrogens is 312 g/mol. The second-order valence-electron chi connectivity index (χ2n) is 10.3. The van der Waals surface area contributed by atoms with Crippen molar-refractivity contribution in [2.45, 2.75) is 90.1 Å². The number of hydrogen-bond donors (Lipinski definition) is 1. The summed E-state index contributed by atoms with van der Waals surface area (Å²) in [5, 5.41) is 11.0. The molecule has 1 aliphatic rings. The van der Waals surface area contributed by atoms with Gasteiger partial charge in [-0.1, -0.05) is 85.7 Å². The lowest BCUT2D eigenvalue weighted by atomic mass is 9.78. The van der Waals surface area contributed by atoms with Crippen LogP contribution in [0, 0.1) is 5.41 Å². The van der Waals surface area contributed by atoms with Crippen molar-refractivity contribution < 1.29 is 9.53 Å². The van der Waals surface area contributed by atoms with Gasteiger partial charge in [-0.25, -0.2) is 0 Å². The number of benzene rings is 1. The highest BCUT2D eigenvalue weighted by Gasteiger charge is 2.60. The van der Waals surface area contributed by atoms with Gasteiger partial charge >= 0.3 is 0 Å². The average Bonchev–Trinajstić information content (AvgIpc) is 2.51. The molecule has 1 saturated heterocycles. The van der Waals surface area contributed by atoms with Crippen LogP contribution in [0.2, 0.25) is 16.1 Å². The summed E-state index contributed by atoms with van der Waals surface area (Å²) in [7, 11) is -2.28. The predicted octanol–water partition coefficient (Wildman–Crippen LogP) is 6.08. The van der Waals surface area contributed by atoms with E-state index in [2.05, 4.69) is 85.7 Å². The Hall–Kier alpha value is -0.643. The summed E-state index contributed by atoms with van der Waals surface area (Å²) in [6.45, 7) is 18.3. The van der Waals surface area contributed by atoms with E-state index in [1.54, 1.807) is 0 Å². The van der Waals surface area contributed by atoms with E-state index in [9.17, 15) is 5.11 Å². The van der Waals surface area contributed by atoms with Crippen molar-refractivity contribution in [3.05, 3.63) is 35.9 Å². The Morgan fingerprint density at radius 2 is 1.50 bits per heavy atom. The lowest BCUT2D eigenvalue weighted by Gasteiger charge is -2.52. The minimum Gasteiger partial charge on any atom is -0.408 e. The standard InChI is InChI=1S/C21H36O2Si/c1-19(2,3)24(20(4,5)6)15-17(22)14-21(7,8)18(23-24)16-12-10-9-11-13-16/h9-13,17-18,22H,14-15H2,1-8H3/t17-,18-/m1/s1. The molecule has 0 bridgehead atoms. The van der Waals surface area contributed by atoms with Crippen LogP contribution in [0.1, 0.15) is 73.5 Å². The fraction of sp³-hybridized carbons (Fsp3) is 0.714. The average molecular weight is 349 g/mol. The summed E-state index contributed by atoms with van der Waals surface area (Å²) in [4.78, 5) is 0. The summed E-state index contributed by atoms with van der Waals surface area (Å²) in [5.74, 6) is 0. The summed E-state index contributed by atoms with van der Waals surface area (Å²) in [6, 6.07) is 11.4. The molecule has 2 atom stereocenters. The molecule has 3 heteroatoms. The Balaban J connectivity index is 2.62. The van der Waals surface area contributed by atoms with Gasteiger partial charge in [0.2, 0.25) is 8.32 Å². The maximum atomic E-state index is 10.9. The molecule has 1 aromatic rings. The van der Waals surface area contributed by atoms with E-state index in [4.69, 9.17) is 4.43 Å². The lowest BCUT2D eigenvalue weighted by molar-refractivity contribution is 0.0380. The molecule has 1 fully saturated rings. The first kappa shape index (κ1) is 19.7. The first-order chi connectivity index (χ1) is 10.8. The van der Waals surface area contributed by atoms with Gasteiger partial charge in [-0.15, -0.1) is 0 Å². The Morgan fingerprint density at radius 3 is 1.96 bits per heavy atom. The normalized spacial score (nSPS) is 27.5. The van der Waals surface area contributed by atoms with Gasteiger partial charge < -0.3 is 9.53 Å². The van der Waals surface area contributed by atoms with Crippen LogP contribution in [0.15, 0.2) is 30.3 Å². The fourth-order valence-electron chi connectivity index (χ4n) is 4.77. The van der Waals surface area contributed by atoms with Gasteiger partial charge in [0.1, 0.15) is 0 Å². The number of rotatable bonds is 1. The third-order valence-electron chi connectivity index (χ3n) is 5.84. The van der Waals surface area contributed by atoms with Gasteiger partial charge in [0.25, 0.3) is 0 Å². The Bertz CT molecular complexity index is 537. The van der Waals surface area contributed by atoms with Crippen LogP contribution in [-0.4, -0.2) is 19.5 Å². The monoisotopic (exact) mass is 348 g/mol. The van der Waals surface area contributed by atoms with Gasteiger partial charge in [-0.05, 0) is 33.5 Å². The molecule has 0 radical (unpaired) electrons. The zero-order valence-corrected chi connectivity index (χ0v) is 17.8. The molecule has 136 valence electrons. The molecule has 0 amide bonds. The zero-order valence-electron chi connectivity index (χ0n) is 16.8. The summed E-state index contributed by atoms with van der Waals surface area (Å²) >= 11 is 0. The van der Waals surface area contributed by atoms with Crippen LogP contribution in [0.25, 0.3) is 0 Å². The van der Waals surface area contributed by atoms with Crippen molar-refractivity contribution in [2.24, 2.45) is 5.41 Å². The van der Waals surface area contributed by atoms with E-state index in [1.165, 1.54) is 5.56 Å². The van der Waals surface area contributed by atoms with Crippen molar-refractivity contribution >= 4 is 8.32 Å². The van der Waals surface area contributed by atoms with Crippen molar-refractivity contribution in [3.8, 4) is 0 Å². The Labute approximate surface area is 149 Å². The van der Waals surface area contributed by atoms with Crippen LogP contribution < -0.4 is 0 Å². The summed E-state index contributed by atoms with van der Waals surface area (Å²) in [6.07, 6.45) is 0.521. The molecule has 1 N–H and O–H groups in total. The van der Waals surface area contributed by atoms with E-state index < -0.39 is 8.32 Å². The van der Waals surface area contributed by atoms with Gasteiger partial charge in [0.15, 0.2) is 0 Å². The molecule has 0 saturated carbocycles. The molecular formula is C21H36O2Si. The van der Waals surface area contributed by atoms with Gasteiger partial charge in [0.05, 0.1) is 12.2 Å². The second-order valence-corrected chi connectivity index (χ2v) is 15.6. The predicted molar refractivity (Wildman–Crippen MR) is 105 cm³/mol. The Morgan fingerprint density at radius 1 is 1.00 bits per heavy atom. The smallest absolute Gasteiger partial charge is 0.206 e. The van der Waals surface area contributed by atoms with Crippen LogP contribution >= 0.6 is 0 Å². The molecule has 1 aromatic carbocycles. The lowest BCUT2D eigenvalue weighted by Crippen LogP contribution is -2.56. The van der Waals surface area contributed by atoms with Crippen LogP contribution in [-0.2, 0) is 4.43 Å². The van der Waals surface area contributed by atoms with E-state index in [-0.39, 0.29) is 27.7 Å². The topological polar surface area (TPSA) is 29.5 Å². The highest BCUT2D eigenvalue weighted by molar-refractivity contribution is 6.79. The van der Waals surface area contributed by atoms with Crippen molar-refractivity contribution in [1.29, 1.82) is 0 Å². The van der Waals surface area contributed by atoms with E-state index in [0.717, 1.165) is 12.5 Å². The van der Waals surface area contributed by atoms with E-state index >= 15 is 0 Å². The van der Waals surface area contributed by atoms with Gasteiger partial charge in [-0.3, -0.25) is 0 Å². The van der Waals surface area contributed by atoms with Crippen LogP contribution in [0.5, 0.6) is 0 Å². The molecule has 2 rings (SSSR count). The van der Waals surface area contributed by atoms with E-state index in [0.29, 0.717) is 0 Å². The molecule has 1 heterocycles. The maximum Gasteiger partial charge on any atom is 0.206 e. The highest BCUT2D eigenvalue weighted by Crippen LogP contribution is 2.60. The van der Waals surface area contributed by atoms with Gasteiger partial charge in [0, 0.05) is 0 Å².